The molecule has 0 fully saturated rings. The van der Waals surface area contributed by atoms with E-state index >= 15 is 0 Å². The van der Waals surface area contributed by atoms with Crippen LogP contribution in [0.2, 0.25) is 0 Å². The second-order valence-electron chi connectivity index (χ2n) is 6.77. The molecule has 0 unspecified atom stereocenters. The Morgan fingerprint density at radius 1 is 0.636 bits per heavy atom. The van der Waals surface area contributed by atoms with Gasteiger partial charge in [0.25, 0.3) is 0 Å². The van der Waals surface area contributed by atoms with Crippen LogP contribution in [0, 0.1) is 0 Å². The molecule has 2 aromatic heterocycles. The van der Waals surface area contributed by atoms with Gasteiger partial charge in [-0.3, -0.25) is 0 Å². The second-order valence-corrected chi connectivity index (χ2v) is 8.94. The summed E-state index contributed by atoms with van der Waals surface area (Å²) in [4.78, 5) is 2.49. The van der Waals surface area contributed by atoms with Crippen molar-refractivity contribution in [3.63, 3.8) is 0 Å². The molecule has 170 valence electrons. The molecule has 0 N–H and O–H groups in total. The number of rotatable bonds is 6. The predicted octanol–water partition coefficient (Wildman–Crippen LogP) is 11.2. The molecule has 0 aliphatic heterocycles. The summed E-state index contributed by atoms with van der Waals surface area (Å²) in [5.41, 5.74) is 2.31. The topological polar surface area (TPSA) is 0 Å². The van der Waals surface area contributed by atoms with Crippen LogP contribution < -0.4 is 0 Å². The van der Waals surface area contributed by atoms with Gasteiger partial charge in [-0.25, -0.2) is 0 Å². The molecule has 0 nitrogen and oxygen atoms in total. The molecule has 2 heteroatoms. The number of thiophene rings is 2. The summed E-state index contributed by atoms with van der Waals surface area (Å²) >= 11 is 3.63. The maximum atomic E-state index is 3.94. The third-order valence-corrected chi connectivity index (χ3v) is 7.13. The molecule has 4 rings (SSSR count). The van der Waals surface area contributed by atoms with Crippen LogP contribution >= 0.6 is 22.7 Å². The standard InChI is InChI=1S/C27H22S2.2C2H6/c1-5-9-18(8-4)24-16-22-12-20-15-27-23(13-21(20)14-26(22)28-24)17-25(29-27)19(10-6-2)11-7-3;2*1-2/h5-17H,1-2,4H2,3H3;2*1-2H3/b11-7-,18-9+,19-10+;;. The van der Waals surface area contributed by atoms with Gasteiger partial charge in [-0.05, 0) is 76.0 Å². The highest BCUT2D eigenvalue weighted by molar-refractivity contribution is 7.20. The molecule has 0 radical (unpaired) electrons. The van der Waals surface area contributed by atoms with Gasteiger partial charge >= 0.3 is 0 Å². The fraction of sp³-hybridized carbons (Fsp3) is 0.161. The lowest BCUT2D eigenvalue weighted by molar-refractivity contribution is 1.50. The van der Waals surface area contributed by atoms with Crippen LogP contribution in [0.3, 0.4) is 0 Å². The van der Waals surface area contributed by atoms with E-state index in [-0.39, 0.29) is 0 Å². The largest absolute Gasteiger partial charge is 0.135 e. The van der Waals surface area contributed by atoms with Crippen molar-refractivity contribution in [2.75, 3.05) is 0 Å². The van der Waals surface area contributed by atoms with Gasteiger partial charge in [0.05, 0.1) is 0 Å². The molecule has 0 spiro atoms. The molecular formula is C31H34S2. The van der Waals surface area contributed by atoms with Crippen LogP contribution in [0.5, 0.6) is 0 Å². The summed E-state index contributed by atoms with van der Waals surface area (Å²) in [7, 11) is 0. The van der Waals surface area contributed by atoms with Crippen LogP contribution in [0.1, 0.15) is 44.4 Å². The van der Waals surface area contributed by atoms with Gasteiger partial charge in [-0.15, -0.1) is 22.7 Å². The van der Waals surface area contributed by atoms with Crippen molar-refractivity contribution in [2.24, 2.45) is 0 Å². The van der Waals surface area contributed by atoms with Gasteiger partial charge < -0.3 is 0 Å². The van der Waals surface area contributed by atoms with Crippen molar-refractivity contribution in [1.29, 1.82) is 0 Å². The smallest absolute Gasteiger partial charge is 0.0355 e. The first kappa shape index (κ1) is 26.3. The Labute approximate surface area is 207 Å². The minimum atomic E-state index is 1.11. The van der Waals surface area contributed by atoms with E-state index < -0.39 is 0 Å². The summed E-state index contributed by atoms with van der Waals surface area (Å²) in [6.45, 7) is 21.6. The Kier molecular flexibility index (Phi) is 10.3. The number of allylic oxidation sites excluding steroid dienone is 9. The van der Waals surface area contributed by atoms with E-state index in [4.69, 9.17) is 0 Å². The number of benzene rings is 2. The van der Waals surface area contributed by atoms with Crippen molar-refractivity contribution >= 4 is 64.8 Å². The molecule has 0 amide bonds. The number of hydrogen-bond acceptors (Lipinski definition) is 2. The second kappa shape index (κ2) is 12.9. The van der Waals surface area contributed by atoms with Gasteiger partial charge in [0.2, 0.25) is 0 Å². The van der Waals surface area contributed by atoms with Crippen molar-refractivity contribution in [3.05, 3.63) is 108 Å². The zero-order chi connectivity index (χ0) is 24.4. The van der Waals surface area contributed by atoms with Crippen LogP contribution in [0.4, 0.5) is 0 Å². The van der Waals surface area contributed by atoms with Crippen molar-refractivity contribution in [1.82, 2.24) is 0 Å². The fourth-order valence-electron chi connectivity index (χ4n) is 3.51. The lowest BCUT2D eigenvalue weighted by Gasteiger charge is -1.99. The Morgan fingerprint density at radius 2 is 1.09 bits per heavy atom. The third-order valence-electron chi connectivity index (χ3n) is 4.84. The van der Waals surface area contributed by atoms with Crippen LogP contribution in [-0.2, 0) is 0 Å². The molecule has 0 saturated carbocycles. The van der Waals surface area contributed by atoms with E-state index in [0.29, 0.717) is 0 Å². The van der Waals surface area contributed by atoms with Crippen LogP contribution in [0.15, 0.2) is 98.7 Å². The van der Waals surface area contributed by atoms with Gasteiger partial charge in [0.15, 0.2) is 0 Å². The molecule has 0 bridgehead atoms. The highest BCUT2D eigenvalue weighted by Crippen LogP contribution is 2.38. The zero-order valence-electron chi connectivity index (χ0n) is 20.4. The monoisotopic (exact) mass is 470 g/mol. The Morgan fingerprint density at radius 3 is 1.52 bits per heavy atom. The first-order valence-electron chi connectivity index (χ1n) is 11.5. The highest BCUT2D eigenvalue weighted by Gasteiger charge is 2.09. The van der Waals surface area contributed by atoms with E-state index in [0.717, 1.165) is 5.57 Å². The quantitative estimate of drug-likeness (QED) is 0.246. The van der Waals surface area contributed by atoms with Crippen molar-refractivity contribution in [3.8, 4) is 0 Å². The van der Waals surface area contributed by atoms with E-state index in [9.17, 15) is 0 Å². The van der Waals surface area contributed by atoms with Crippen molar-refractivity contribution in [2.45, 2.75) is 34.6 Å². The molecule has 0 atom stereocenters. The minimum absolute atomic E-state index is 1.11. The lowest BCUT2D eigenvalue weighted by atomic mass is 10.1. The molecule has 0 aliphatic rings. The Balaban J connectivity index is 0.000000914. The Bertz CT molecular complexity index is 1280. The fourth-order valence-corrected chi connectivity index (χ4v) is 5.72. The van der Waals surface area contributed by atoms with Crippen LogP contribution in [0.25, 0.3) is 42.1 Å². The summed E-state index contributed by atoms with van der Waals surface area (Å²) < 4.78 is 2.60. The normalized spacial score (nSPS) is 11.8. The van der Waals surface area contributed by atoms with Crippen LogP contribution in [-0.4, -0.2) is 0 Å². The van der Waals surface area contributed by atoms with Gasteiger partial charge in [-0.1, -0.05) is 90.0 Å². The van der Waals surface area contributed by atoms with E-state index in [1.165, 1.54) is 46.3 Å². The van der Waals surface area contributed by atoms with Crippen molar-refractivity contribution < 1.29 is 0 Å². The van der Waals surface area contributed by atoms with Gasteiger partial charge in [0.1, 0.15) is 0 Å². The summed E-state index contributed by atoms with van der Waals surface area (Å²) in [5, 5.41) is 5.10. The summed E-state index contributed by atoms with van der Waals surface area (Å²) in [5.74, 6) is 0. The molecule has 2 aromatic carbocycles. The maximum absolute atomic E-state index is 3.94. The molecule has 0 saturated heterocycles. The van der Waals surface area contributed by atoms with Gasteiger partial charge in [0, 0.05) is 19.2 Å². The molecule has 4 aromatic rings. The highest BCUT2D eigenvalue weighted by atomic mass is 32.1. The average Bonchev–Trinajstić information content (AvgIpc) is 3.45. The molecule has 0 aliphatic carbocycles. The number of fused-ring (bicyclic) bond motifs is 3. The first-order chi connectivity index (χ1) is 16.2. The van der Waals surface area contributed by atoms with E-state index in [2.05, 4.69) is 74.4 Å². The molecular weight excluding hydrogens is 436 g/mol. The van der Waals surface area contributed by atoms with E-state index in [1.807, 2.05) is 70.3 Å². The lowest BCUT2D eigenvalue weighted by Crippen LogP contribution is -1.73. The van der Waals surface area contributed by atoms with Gasteiger partial charge in [-0.2, -0.15) is 0 Å². The third kappa shape index (κ3) is 5.90. The molecule has 2 heterocycles. The number of hydrogen-bond donors (Lipinski definition) is 0. The first-order valence-corrected chi connectivity index (χ1v) is 13.1. The Hall–Kier alpha value is -2.94. The zero-order valence-corrected chi connectivity index (χ0v) is 22.1. The predicted molar refractivity (Wildman–Crippen MR) is 159 cm³/mol. The summed E-state index contributed by atoms with van der Waals surface area (Å²) in [6.07, 6.45) is 13.8. The van der Waals surface area contributed by atoms with E-state index in [1.54, 1.807) is 11.3 Å². The molecule has 33 heavy (non-hydrogen) atoms. The SMILES string of the molecule is C=C/C=C(\C=C)c1cc2cc3cc4sc(C(/C=C\C)=C/C=C)cc4cc3cc2s1.CC.CC. The summed E-state index contributed by atoms with van der Waals surface area (Å²) in [6, 6.07) is 13.7. The minimum Gasteiger partial charge on any atom is -0.135 e. The average molecular weight is 471 g/mol. The maximum Gasteiger partial charge on any atom is 0.0355 e.